The van der Waals surface area contributed by atoms with Crippen molar-refractivity contribution in [2.45, 2.75) is 66.2 Å². The van der Waals surface area contributed by atoms with Gasteiger partial charge in [-0.1, -0.05) is 76.2 Å². The van der Waals surface area contributed by atoms with Gasteiger partial charge in [-0.2, -0.15) is 0 Å². The van der Waals surface area contributed by atoms with Gasteiger partial charge in [-0.05, 0) is 72.2 Å². The van der Waals surface area contributed by atoms with Crippen molar-refractivity contribution in [3.05, 3.63) is 93.0 Å². The molecule has 0 atom stereocenters. The Morgan fingerprint density at radius 3 is 1.10 bits per heavy atom. The summed E-state index contributed by atoms with van der Waals surface area (Å²) in [6, 6.07) is 17.9. The Balaban J connectivity index is 2.09. The average molecular weight is 401 g/mol. The van der Waals surface area contributed by atoms with Crippen LogP contribution in [-0.2, 0) is 10.8 Å². The minimum absolute atomic E-state index is 0.123. The Bertz CT molecular complexity index is 973. The first-order valence-electron chi connectivity index (χ1n) is 10.7. The third-order valence-corrected chi connectivity index (χ3v) is 6.94. The van der Waals surface area contributed by atoms with Gasteiger partial charge in [-0.15, -0.1) is 0 Å². The fraction of sp³-hybridized carbons (Fsp3) is 0.357. The van der Waals surface area contributed by atoms with E-state index in [1.807, 2.05) is 0 Å². The molecule has 30 heavy (non-hydrogen) atoms. The van der Waals surface area contributed by atoms with Crippen molar-refractivity contribution in [3.8, 4) is 0 Å². The molecule has 0 aliphatic carbocycles. The highest BCUT2D eigenvalue weighted by molar-refractivity contribution is 5.58. The first kappa shape index (κ1) is 22.0. The number of benzene rings is 3. The highest BCUT2D eigenvalue weighted by Gasteiger charge is 2.28. The number of aryl methyl sites for hydroxylation is 4. The van der Waals surface area contributed by atoms with Gasteiger partial charge in [0, 0.05) is 22.2 Å². The minimum atomic E-state index is -0.123. The molecule has 0 saturated carbocycles. The lowest BCUT2D eigenvalue weighted by molar-refractivity contribution is 0.616. The molecule has 0 aliphatic rings. The second-order valence-corrected chi connectivity index (χ2v) is 9.88. The number of hydrogen-bond donors (Lipinski definition) is 2. The van der Waals surface area contributed by atoms with Crippen molar-refractivity contribution in [2.24, 2.45) is 0 Å². The summed E-state index contributed by atoms with van der Waals surface area (Å²) in [5, 5.41) is 0. The van der Waals surface area contributed by atoms with Gasteiger partial charge in [0.25, 0.3) is 0 Å². The van der Waals surface area contributed by atoms with E-state index in [2.05, 4.69) is 104 Å². The summed E-state index contributed by atoms with van der Waals surface area (Å²) in [6.07, 6.45) is 0. The van der Waals surface area contributed by atoms with Crippen LogP contribution in [0.4, 0.5) is 11.4 Å². The zero-order chi connectivity index (χ0) is 22.4. The van der Waals surface area contributed by atoms with Crippen LogP contribution in [0, 0.1) is 27.7 Å². The van der Waals surface area contributed by atoms with Crippen LogP contribution in [0.15, 0.2) is 48.5 Å². The average Bonchev–Trinajstić information content (AvgIpc) is 2.69. The molecule has 0 radical (unpaired) electrons. The standard InChI is InChI=1S/C28H36N2/c1-17-12-23(13-18(2)25(17)29)27(5,6)21-10-9-11-22(16-21)28(7,8)24-14-19(3)26(30)20(4)15-24/h9-16H,29-30H2,1-8H3. The predicted octanol–water partition coefficient (Wildman–Crippen LogP) is 6.74. The van der Waals surface area contributed by atoms with E-state index in [4.69, 9.17) is 11.5 Å². The molecule has 0 bridgehead atoms. The molecule has 0 spiro atoms. The predicted molar refractivity (Wildman–Crippen MR) is 131 cm³/mol. The van der Waals surface area contributed by atoms with Gasteiger partial charge in [0.05, 0.1) is 0 Å². The maximum absolute atomic E-state index is 6.20. The maximum Gasteiger partial charge on any atom is 0.0373 e. The van der Waals surface area contributed by atoms with Crippen LogP contribution in [0.1, 0.15) is 72.2 Å². The zero-order valence-corrected chi connectivity index (χ0v) is 19.8. The van der Waals surface area contributed by atoms with E-state index in [9.17, 15) is 0 Å². The number of nitrogen functional groups attached to an aromatic ring is 2. The van der Waals surface area contributed by atoms with Crippen LogP contribution < -0.4 is 11.5 Å². The molecule has 158 valence electrons. The van der Waals surface area contributed by atoms with Crippen LogP contribution >= 0.6 is 0 Å². The fourth-order valence-corrected chi connectivity index (χ4v) is 4.30. The zero-order valence-electron chi connectivity index (χ0n) is 19.8. The van der Waals surface area contributed by atoms with E-state index < -0.39 is 0 Å². The van der Waals surface area contributed by atoms with Crippen molar-refractivity contribution in [3.63, 3.8) is 0 Å². The van der Waals surface area contributed by atoms with Crippen LogP contribution in [0.25, 0.3) is 0 Å². The van der Waals surface area contributed by atoms with Crippen molar-refractivity contribution in [2.75, 3.05) is 11.5 Å². The molecule has 0 aromatic heterocycles. The second kappa shape index (κ2) is 7.50. The van der Waals surface area contributed by atoms with E-state index in [0.717, 1.165) is 33.6 Å². The van der Waals surface area contributed by atoms with E-state index in [1.165, 1.54) is 22.3 Å². The summed E-state index contributed by atoms with van der Waals surface area (Å²) < 4.78 is 0. The fourth-order valence-electron chi connectivity index (χ4n) is 4.30. The summed E-state index contributed by atoms with van der Waals surface area (Å²) in [6.45, 7) is 17.5. The van der Waals surface area contributed by atoms with Gasteiger partial charge in [0.2, 0.25) is 0 Å². The lowest BCUT2D eigenvalue weighted by Gasteiger charge is -2.32. The van der Waals surface area contributed by atoms with E-state index >= 15 is 0 Å². The highest BCUT2D eigenvalue weighted by atomic mass is 14.6. The number of anilines is 2. The summed E-state index contributed by atoms with van der Waals surface area (Å²) in [5.74, 6) is 0. The molecule has 3 rings (SSSR count). The van der Waals surface area contributed by atoms with Crippen LogP contribution in [0.2, 0.25) is 0 Å². The van der Waals surface area contributed by atoms with Gasteiger partial charge >= 0.3 is 0 Å². The molecular weight excluding hydrogens is 364 g/mol. The normalized spacial score (nSPS) is 12.3. The first-order chi connectivity index (χ1) is 13.9. The first-order valence-corrected chi connectivity index (χ1v) is 10.7. The lowest BCUT2D eigenvalue weighted by atomic mass is 9.72. The summed E-state index contributed by atoms with van der Waals surface area (Å²) in [4.78, 5) is 0. The highest BCUT2D eigenvalue weighted by Crippen LogP contribution is 2.39. The van der Waals surface area contributed by atoms with Crippen LogP contribution in [-0.4, -0.2) is 0 Å². The lowest BCUT2D eigenvalue weighted by Crippen LogP contribution is -2.23. The molecule has 0 unspecified atom stereocenters. The van der Waals surface area contributed by atoms with Gasteiger partial charge in [-0.3, -0.25) is 0 Å². The monoisotopic (exact) mass is 400 g/mol. The van der Waals surface area contributed by atoms with Crippen molar-refractivity contribution in [1.29, 1.82) is 0 Å². The number of nitrogens with two attached hydrogens (primary N) is 2. The third-order valence-electron chi connectivity index (χ3n) is 6.94. The molecular formula is C28H36N2. The smallest absolute Gasteiger partial charge is 0.0373 e. The van der Waals surface area contributed by atoms with Crippen molar-refractivity contribution in [1.82, 2.24) is 0 Å². The van der Waals surface area contributed by atoms with E-state index in [-0.39, 0.29) is 10.8 Å². The molecule has 4 N–H and O–H groups in total. The van der Waals surface area contributed by atoms with E-state index in [0.29, 0.717) is 0 Å². The number of hydrogen-bond acceptors (Lipinski definition) is 2. The van der Waals surface area contributed by atoms with E-state index in [1.54, 1.807) is 0 Å². The minimum Gasteiger partial charge on any atom is -0.398 e. The Morgan fingerprint density at radius 2 is 0.800 bits per heavy atom. The summed E-state index contributed by atoms with van der Waals surface area (Å²) in [5.41, 5.74) is 23.7. The second-order valence-electron chi connectivity index (χ2n) is 9.88. The quantitative estimate of drug-likeness (QED) is 0.477. The van der Waals surface area contributed by atoms with Crippen LogP contribution in [0.5, 0.6) is 0 Å². The Kier molecular flexibility index (Phi) is 5.49. The molecule has 0 amide bonds. The molecule has 0 saturated heterocycles. The maximum atomic E-state index is 6.20. The van der Waals surface area contributed by atoms with Gasteiger partial charge in [0.1, 0.15) is 0 Å². The largest absolute Gasteiger partial charge is 0.398 e. The molecule has 0 aliphatic heterocycles. The number of rotatable bonds is 4. The molecule has 2 nitrogen and oxygen atoms in total. The Labute approximate surface area is 182 Å². The molecule has 3 aromatic rings. The van der Waals surface area contributed by atoms with Crippen LogP contribution in [0.3, 0.4) is 0 Å². The summed E-state index contributed by atoms with van der Waals surface area (Å²) >= 11 is 0. The van der Waals surface area contributed by atoms with Gasteiger partial charge in [0.15, 0.2) is 0 Å². The molecule has 3 aromatic carbocycles. The Hall–Kier alpha value is -2.74. The van der Waals surface area contributed by atoms with Gasteiger partial charge in [-0.25, -0.2) is 0 Å². The summed E-state index contributed by atoms with van der Waals surface area (Å²) in [7, 11) is 0. The van der Waals surface area contributed by atoms with Crippen molar-refractivity contribution < 1.29 is 0 Å². The molecule has 0 fully saturated rings. The topological polar surface area (TPSA) is 52.0 Å². The molecule has 2 heteroatoms. The molecule has 0 heterocycles. The third kappa shape index (κ3) is 3.71. The SMILES string of the molecule is Cc1cc(C(C)(C)c2cccc(C(C)(C)c3cc(C)c(N)c(C)c3)c2)cc(C)c1N. The van der Waals surface area contributed by atoms with Crippen molar-refractivity contribution >= 4 is 11.4 Å². The van der Waals surface area contributed by atoms with Gasteiger partial charge < -0.3 is 11.5 Å². The Morgan fingerprint density at radius 1 is 0.500 bits per heavy atom.